The van der Waals surface area contributed by atoms with Crippen molar-refractivity contribution in [2.75, 3.05) is 0 Å². The minimum atomic E-state index is 0.0315. The Morgan fingerprint density at radius 2 is 0.889 bits per heavy atom. The van der Waals surface area contributed by atoms with Crippen LogP contribution >= 0.6 is 0 Å². The third kappa shape index (κ3) is 4.13. The van der Waals surface area contributed by atoms with Crippen LogP contribution in [0.1, 0.15) is 75.6 Å². The van der Waals surface area contributed by atoms with Gasteiger partial charge in [0, 0.05) is 21.5 Å². The Balaban J connectivity index is 1.86. The third-order valence-electron chi connectivity index (χ3n) is 7.33. The molecule has 5 aromatic rings. The highest BCUT2D eigenvalue weighted by molar-refractivity contribution is 6.03. The van der Waals surface area contributed by atoms with E-state index in [1.54, 1.807) is 0 Å². The van der Waals surface area contributed by atoms with E-state index in [9.17, 15) is 9.59 Å². The van der Waals surface area contributed by atoms with Gasteiger partial charge in [-0.3, -0.25) is 9.59 Å². The number of hydrogen-bond acceptors (Lipinski definition) is 2. The number of benzene rings is 3. The molecule has 5 rings (SSSR count). The topological polar surface area (TPSA) is 65.7 Å². The highest BCUT2D eigenvalue weighted by atomic mass is 16.1. The number of rotatable bonds is 8. The average molecular weight is 481 g/mol. The molecule has 2 heterocycles. The molecule has 186 valence electrons. The molecule has 2 aromatic heterocycles. The van der Waals surface area contributed by atoms with Crippen molar-refractivity contribution >= 4 is 43.6 Å². The minimum Gasteiger partial charge on any atom is -0.354 e. The SMILES string of the molecule is CCCc1cc(CCC)c2[nH]c3cc4c(=O)c5cc(CCC)cc(CCC)c5[nH]c4cc3c(=O)c2c1. The summed E-state index contributed by atoms with van der Waals surface area (Å²) < 4.78 is 0. The van der Waals surface area contributed by atoms with Gasteiger partial charge in [-0.15, -0.1) is 0 Å². The Bertz CT molecular complexity index is 1590. The van der Waals surface area contributed by atoms with Crippen molar-refractivity contribution in [2.45, 2.75) is 79.1 Å². The van der Waals surface area contributed by atoms with Crippen LogP contribution < -0.4 is 10.9 Å². The normalized spacial score (nSPS) is 11.9. The van der Waals surface area contributed by atoms with Crippen molar-refractivity contribution in [3.05, 3.63) is 79.1 Å². The van der Waals surface area contributed by atoms with Gasteiger partial charge in [-0.1, -0.05) is 65.5 Å². The molecule has 0 spiro atoms. The van der Waals surface area contributed by atoms with Crippen LogP contribution in [0, 0.1) is 0 Å². The number of aromatic nitrogens is 2. The van der Waals surface area contributed by atoms with Crippen molar-refractivity contribution < 1.29 is 0 Å². The molecule has 0 radical (unpaired) electrons. The highest BCUT2D eigenvalue weighted by Gasteiger charge is 2.15. The van der Waals surface area contributed by atoms with Gasteiger partial charge in [0.2, 0.25) is 0 Å². The molecule has 0 atom stereocenters. The molecule has 0 aliphatic carbocycles. The number of nitrogens with one attached hydrogen (secondary N) is 2. The molecule has 2 N–H and O–H groups in total. The number of pyridine rings is 2. The molecule has 0 bridgehead atoms. The van der Waals surface area contributed by atoms with Crippen LogP contribution in [0.2, 0.25) is 0 Å². The Morgan fingerprint density at radius 3 is 1.25 bits per heavy atom. The van der Waals surface area contributed by atoms with E-state index < -0.39 is 0 Å². The second kappa shape index (κ2) is 9.93. The number of hydrogen-bond donors (Lipinski definition) is 2. The molecular weight excluding hydrogens is 444 g/mol. The fourth-order valence-corrected chi connectivity index (χ4v) is 5.73. The van der Waals surface area contributed by atoms with Crippen molar-refractivity contribution in [3.63, 3.8) is 0 Å². The molecule has 4 heteroatoms. The zero-order chi connectivity index (χ0) is 25.4. The van der Waals surface area contributed by atoms with E-state index >= 15 is 0 Å². The summed E-state index contributed by atoms with van der Waals surface area (Å²) in [6.45, 7) is 8.66. The molecule has 0 aliphatic rings. The van der Waals surface area contributed by atoms with E-state index in [1.807, 2.05) is 12.1 Å². The zero-order valence-corrected chi connectivity index (χ0v) is 21.9. The van der Waals surface area contributed by atoms with Gasteiger partial charge in [0.15, 0.2) is 10.9 Å². The first-order chi connectivity index (χ1) is 17.5. The summed E-state index contributed by atoms with van der Waals surface area (Å²) in [6.07, 6.45) is 7.85. The van der Waals surface area contributed by atoms with Crippen LogP contribution in [0.5, 0.6) is 0 Å². The quantitative estimate of drug-likeness (QED) is 0.226. The third-order valence-corrected chi connectivity index (χ3v) is 7.33. The van der Waals surface area contributed by atoms with Gasteiger partial charge in [0.1, 0.15) is 0 Å². The van der Waals surface area contributed by atoms with Gasteiger partial charge in [0.05, 0.1) is 22.1 Å². The highest BCUT2D eigenvalue weighted by Crippen LogP contribution is 2.27. The average Bonchev–Trinajstić information content (AvgIpc) is 2.86. The Labute approximate surface area is 211 Å². The van der Waals surface area contributed by atoms with E-state index in [-0.39, 0.29) is 10.9 Å². The fraction of sp³-hybridized carbons (Fsp3) is 0.375. The number of H-pyrrole nitrogens is 2. The van der Waals surface area contributed by atoms with Gasteiger partial charge in [-0.2, -0.15) is 0 Å². The summed E-state index contributed by atoms with van der Waals surface area (Å²) in [5, 5.41) is 2.74. The number of fused-ring (bicyclic) bond motifs is 4. The summed E-state index contributed by atoms with van der Waals surface area (Å²) in [5.41, 5.74) is 8.11. The van der Waals surface area contributed by atoms with E-state index in [0.717, 1.165) is 84.2 Å². The summed E-state index contributed by atoms with van der Waals surface area (Å²) in [5.74, 6) is 0. The maximum Gasteiger partial charge on any atom is 0.197 e. The van der Waals surface area contributed by atoms with Gasteiger partial charge < -0.3 is 9.97 Å². The van der Waals surface area contributed by atoms with Crippen molar-refractivity contribution in [1.82, 2.24) is 9.97 Å². The summed E-state index contributed by atoms with van der Waals surface area (Å²) in [4.78, 5) is 34.6. The summed E-state index contributed by atoms with van der Waals surface area (Å²) >= 11 is 0. The number of aryl methyl sites for hydroxylation is 4. The molecule has 0 amide bonds. The summed E-state index contributed by atoms with van der Waals surface area (Å²) in [7, 11) is 0. The molecule has 0 unspecified atom stereocenters. The Hall–Kier alpha value is -3.40. The fourth-order valence-electron chi connectivity index (χ4n) is 5.73. The maximum atomic E-state index is 13.8. The number of aromatic amines is 2. The predicted molar refractivity (Wildman–Crippen MR) is 154 cm³/mol. The molecule has 0 fully saturated rings. The molecule has 36 heavy (non-hydrogen) atoms. The first-order valence-electron chi connectivity index (χ1n) is 13.6. The maximum absolute atomic E-state index is 13.8. The lowest BCUT2D eigenvalue weighted by Crippen LogP contribution is -2.10. The summed E-state index contributed by atoms with van der Waals surface area (Å²) in [6, 6.07) is 12.3. The van der Waals surface area contributed by atoms with Crippen molar-refractivity contribution in [1.29, 1.82) is 0 Å². The molecule has 0 saturated carbocycles. The van der Waals surface area contributed by atoms with Gasteiger partial charge in [0.25, 0.3) is 0 Å². The smallest absolute Gasteiger partial charge is 0.197 e. The first kappa shape index (κ1) is 24.3. The van der Waals surface area contributed by atoms with E-state index in [4.69, 9.17) is 0 Å². The van der Waals surface area contributed by atoms with Crippen LogP contribution in [0.3, 0.4) is 0 Å². The van der Waals surface area contributed by atoms with E-state index in [0.29, 0.717) is 10.8 Å². The van der Waals surface area contributed by atoms with Crippen molar-refractivity contribution in [3.8, 4) is 0 Å². The molecule has 4 nitrogen and oxygen atoms in total. The van der Waals surface area contributed by atoms with Crippen LogP contribution in [0.15, 0.2) is 46.0 Å². The van der Waals surface area contributed by atoms with E-state index in [2.05, 4.69) is 61.9 Å². The Kier molecular flexibility index (Phi) is 6.70. The van der Waals surface area contributed by atoms with Crippen LogP contribution in [0.4, 0.5) is 0 Å². The lowest BCUT2D eigenvalue weighted by molar-refractivity contribution is 0.900. The lowest BCUT2D eigenvalue weighted by atomic mass is 9.96. The monoisotopic (exact) mass is 480 g/mol. The largest absolute Gasteiger partial charge is 0.354 e. The van der Waals surface area contributed by atoms with E-state index in [1.165, 1.54) is 22.3 Å². The predicted octanol–water partition coefficient (Wildman–Crippen LogP) is 7.49. The van der Waals surface area contributed by atoms with Crippen LogP contribution in [-0.4, -0.2) is 9.97 Å². The second-order valence-corrected chi connectivity index (χ2v) is 10.2. The minimum absolute atomic E-state index is 0.0315. The lowest BCUT2D eigenvalue weighted by Gasteiger charge is -2.13. The van der Waals surface area contributed by atoms with Gasteiger partial charge in [-0.05, 0) is 72.2 Å². The second-order valence-electron chi connectivity index (χ2n) is 10.2. The van der Waals surface area contributed by atoms with Gasteiger partial charge in [-0.25, -0.2) is 0 Å². The molecule has 3 aromatic carbocycles. The standard InChI is InChI=1S/C32H36N2O2/c1-5-9-19-13-21(11-7-3)29-25(15-19)31(35)23-17-28-24(18-27(23)33-29)32(36)26-16-20(10-6-2)14-22(12-8-4)30(26)34-28/h13-18H,5-12H2,1-4H3,(H,33,35)(H,34,36). The molecular formula is C32H36N2O2. The van der Waals surface area contributed by atoms with Crippen molar-refractivity contribution in [2.24, 2.45) is 0 Å². The molecule has 0 aliphatic heterocycles. The van der Waals surface area contributed by atoms with Gasteiger partial charge >= 0.3 is 0 Å². The van der Waals surface area contributed by atoms with Crippen LogP contribution in [0.25, 0.3) is 43.6 Å². The Morgan fingerprint density at radius 1 is 0.500 bits per heavy atom. The molecule has 0 saturated heterocycles. The first-order valence-corrected chi connectivity index (χ1v) is 13.6. The zero-order valence-electron chi connectivity index (χ0n) is 21.9. The van der Waals surface area contributed by atoms with Crippen LogP contribution in [-0.2, 0) is 25.7 Å².